The predicted molar refractivity (Wildman–Crippen MR) is 79.8 cm³/mol. The van der Waals surface area contributed by atoms with Gasteiger partial charge in [-0.1, -0.05) is 17.7 Å². The summed E-state index contributed by atoms with van der Waals surface area (Å²) in [6.45, 7) is 1.56. The Kier molecular flexibility index (Phi) is 3.70. The van der Waals surface area contributed by atoms with E-state index in [0.29, 0.717) is 5.15 Å². The van der Waals surface area contributed by atoms with Crippen LogP contribution in [0, 0.1) is 10.1 Å². The van der Waals surface area contributed by atoms with Crippen molar-refractivity contribution in [2.75, 3.05) is 18.0 Å². The Labute approximate surface area is 126 Å². The van der Waals surface area contributed by atoms with Crippen LogP contribution in [-0.2, 0) is 12.8 Å². The number of hydrogen-bond donors (Lipinski definition) is 0. The molecule has 7 heteroatoms. The highest BCUT2D eigenvalue weighted by molar-refractivity contribution is 6.29. The summed E-state index contributed by atoms with van der Waals surface area (Å²) in [7, 11) is 0. The van der Waals surface area contributed by atoms with E-state index in [1.165, 1.54) is 6.20 Å². The van der Waals surface area contributed by atoms with Crippen molar-refractivity contribution in [3.63, 3.8) is 0 Å². The molecule has 0 unspecified atom stereocenters. The van der Waals surface area contributed by atoms with Gasteiger partial charge in [-0.25, -0.2) is 9.97 Å². The highest BCUT2D eigenvalue weighted by Crippen LogP contribution is 2.23. The lowest BCUT2D eigenvalue weighted by atomic mass is 10.0. The minimum absolute atomic E-state index is 0.147. The van der Waals surface area contributed by atoms with E-state index >= 15 is 0 Å². The third-order valence-electron chi connectivity index (χ3n) is 3.63. The molecule has 21 heavy (non-hydrogen) atoms. The molecule has 0 radical (unpaired) electrons. The zero-order chi connectivity index (χ0) is 14.8. The zero-order valence-electron chi connectivity index (χ0n) is 11.2. The number of hydrogen-bond acceptors (Lipinski definition) is 5. The van der Waals surface area contributed by atoms with Crippen LogP contribution < -0.4 is 4.90 Å². The van der Waals surface area contributed by atoms with Gasteiger partial charge in [-0.05, 0) is 24.0 Å². The molecule has 1 aromatic carbocycles. The second-order valence-corrected chi connectivity index (χ2v) is 5.28. The average molecular weight is 305 g/mol. The molecule has 1 aliphatic rings. The Balaban J connectivity index is 1.81. The molecule has 1 aromatic heterocycles. The summed E-state index contributed by atoms with van der Waals surface area (Å²) in [6, 6.07) is 5.09. The molecule has 0 saturated carbocycles. The molecular formula is C14H13ClN4O2. The van der Waals surface area contributed by atoms with Gasteiger partial charge < -0.3 is 4.90 Å². The Morgan fingerprint density at radius 1 is 1.14 bits per heavy atom. The van der Waals surface area contributed by atoms with Crippen molar-refractivity contribution in [2.24, 2.45) is 0 Å². The topological polar surface area (TPSA) is 72.2 Å². The van der Waals surface area contributed by atoms with Crippen molar-refractivity contribution in [3.05, 3.63) is 57.0 Å². The van der Waals surface area contributed by atoms with Crippen molar-refractivity contribution >= 4 is 23.1 Å². The number of halogens is 1. The van der Waals surface area contributed by atoms with Crippen LogP contribution in [0.2, 0.25) is 5.15 Å². The van der Waals surface area contributed by atoms with Gasteiger partial charge in [0, 0.05) is 25.2 Å². The number of rotatable bonds is 2. The van der Waals surface area contributed by atoms with Gasteiger partial charge in [0.1, 0.15) is 11.0 Å². The van der Waals surface area contributed by atoms with Crippen molar-refractivity contribution in [2.45, 2.75) is 12.8 Å². The number of fused-ring (bicyclic) bond motifs is 1. The van der Waals surface area contributed by atoms with Crippen molar-refractivity contribution in [1.82, 2.24) is 9.97 Å². The molecule has 108 valence electrons. The highest BCUT2D eigenvalue weighted by atomic mass is 35.5. The van der Waals surface area contributed by atoms with Crippen LogP contribution in [0.4, 0.5) is 11.5 Å². The minimum Gasteiger partial charge on any atom is -0.355 e. The van der Waals surface area contributed by atoms with Gasteiger partial charge in [0.25, 0.3) is 5.69 Å². The fourth-order valence-electron chi connectivity index (χ4n) is 2.52. The molecule has 2 aromatic rings. The maximum absolute atomic E-state index is 10.9. The fourth-order valence-corrected chi connectivity index (χ4v) is 2.62. The SMILES string of the molecule is O=[N+]([O-])c1ccc2c(c1)CCN(c1cnc(Cl)cn1)CC2. The van der Waals surface area contributed by atoms with Crippen LogP contribution >= 0.6 is 11.6 Å². The lowest BCUT2D eigenvalue weighted by Gasteiger charge is -2.20. The number of nitrogens with zero attached hydrogens (tertiary/aromatic N) is 4. The van der Waals surface area contributed by atoms with E-state index in [1.807, 2.05) is 6.07 Å². The molecule has 3 rings (SSSR count). The number of nitro groups is 1. The standard InChI is InChI=1S/C14H13ClN4O2/c15-13-8-17-14(9-16-13)18-5-3-10-1-2-12(19(20)21)7-11(10)4-6-18/h1-2,7-9H,3-6H2. The first-order valence-corrected chi connectivity index (χ1v) is 7.00. The number of non-ortho nitro benzene ring substituents is 1. The number of nitro benzene ring substituents is 1. The summed E-state index contributed by atoms with van der Waals surface area (Å²) in [4.78, 5) is 20.9. The molecule has 0 N–H and O–H groups in total. The highest BCUT2D eigenvalue weighted by Gasteiger charge is 2.18. The molecule has 0 amide bonds. The normalized spacial score (nSPS) is 14.4. The maximum Gasteiger partial charge on any atom is 0.269 e. The third-order valence-corrected chi connectivity index (χ3v) is 3.83. The summed E-state index contributed by atoms with van der Waals surface area (Å²) in [5, 5.41) is 11.2. The van der Waals surface area contributed by atoms with E-state index in [9.17, 15) is 10.1 Å². The quantitative estimate of drug-likeness (QED) is 0.630. The van der Waals surface area contributed by atoms with E-state index in [4.69, 9.17) is 11.6 Å². The van der Waals surface area contributed by atoms with Crippen molar-refractivity contribution < 1.29 is 4.92 Å². The molecule has 0 aliphatic carbocycles. The summed E-state index contributed by atoms with van der Waals surface area (Å²) in [6.07, 6.45) is 4.76. The smallest absolute Gasteiger partial charge is 0.269 e. The lowest BCUT2D eigenvalue weighted by molar-refractivity contribution is -0.384. The van der Waals surface area contributed by atoms with Gasteiger partial charge in [-0.15, -0.1) is 0 Å². The van der Waals surface area contributed by atoms with Gasteiger partial charge in [0.15, 0.2) is 0 Å². The Morgan fingerprint density at radius 2 is 1.90 bits per heavy atom. The van der Waals surface area contributed by atoms with Crippen LogP contribution in [0.1, 0.15) is 11.1 Å². The minimum atomic E-state index is -0.354. The summed E-state index contributed by atoms with van der Waals surface area (Å²) in [5.74, 6) is 0.779. The van der Waals surface area contributed by atoms with E-state index < -0.39 is 0 Å². The first kappa shape index (κ1) is 13.8. The van der Waals surface area contributed by atoms with E-state index in [-0.39, 0.29) is 10.6 Å². The van der Waals surface area contributed by atoms with Crippen LogP contribution in [-0.4, -0.2) is 28.0 Å². The van der Waals surface area contributed by atoms with E-state index in [0.717, 1.165) is 42.9 Å². The van der Waals surface area contributed by atoms with Gasteiger partial charge >= 0.3 is 0 Å². The van der Waals surface area contributed by atoms with Gasteiger partial charge in [-0.3, -0.25) is 10.1 Å². The second-order valence-electron chi connectivity index (χ2n) is 4.89. The second kappa shape index (κ2) is 5.65. The molecule has 0 fully saturated rings. The van der Waals surface area contributed by atoms with Gasteiger partial charge in [-0.2, -0.15) is 0 Å². The molecule has 1 aliphatic heterocycles. The van der Waals surface area contributed by atoms with Crippen LogP contribution in [0.3, 0.4) is 0 Å². The fraction of sp³-hybridized carbons (Fsp3) is 0.286. The van der Waals surface area contributed by atoms with Crippen molar-refractivity contribution in [1.29, 1.82) is 0 Å². The molecule has 0 saturated heterocycles. The summed E-state index contributed by atoms with van der Waals surface area (Å²) < 4.78 is 0. The third kappa shape index (κ3) is 2.95. The molecule has 2 heterocycles. The van der Waals surface area contributed by atoms with Crippen LogP contribution in [0.5, 0.6) is 0 Å². The molecule has 0 bridgehead atoms. The largest absolute Gasteiger partial charge is 0.355 e. The maximum atomic E-state index is 10.9. The first-order valence-electron chi connectivity index (χ1n) is 6.62. The average Bonchev–Trinajstić information content (AvgIpc) is 2.70. The number of benzene rings is 1. The Morgan fingerprint density at radius 3 is 2.57 bits per heavy atom. The summed E-state index contributed by atoms with van der Waals surface area (Å²) in [5.41, 5.74) is 2.34. The lowest BCUT2D eigenvalue weighted by Crippen LogP contribution is -2.26. The van der Waals surface area contributed by atoms with E-state index in [1.54, 1.807) is 18.3 Å². The molecule has 0 atom stereocenters. The Hall–Kier alpha value is -2.21. The van der Waals surface area contributed by atoms with Crippen LogP contribution in [0.15, 0.2) is 30.6 Å². The number of aromatic nitrogens is 2. The zero-order valence-corrected chi connectivity index (χ0v) is 12.0. The van der Waals surface area contributed by atoms with Crippen LogP contribution in [0.25, 0.3) is 0 Å². The van der Waals surface area contributed by atoms with E-state index in [2.05, 4.69) is 14.9 Å². The van der Waals surface area contributed by atoms with Crippen molar-refractivity contribution in [3.8, 4) is 0 Å². The molecule has 6 nitrogen and oxygen atoms in total. The predicted octanol–water partition coefficient (Wildman–Crippen LogP) is 2.64. The molecule has 0 spiro atoms. The van der Waals surface area contributed by atoms with Gasteiger partial charge in [0.05, 0.1) is 17.3 Å². The Bertz CT molecular complexity index is 675. The van der Waals surface area contributed by atoms with Gasteiger partial charge in [0.2, 0.25) is 0 Å². The molecular weight excluding hydrogens is 292 g/mol. The first-order chi connectivity index (χ1) is 10.1. The summed E-state index contributed by atoms with van der Waals surface area (Å²) >= 11 is 5.75. The number of anilines is 1. The monoisotopic (exact) mass is 304 g/mol.